The first kappa shape index (κ1) is 20.1. The van der Waals surface area contributed by atoms with E-state index in [4.69, 9.17) is 0 Å². The molecule has 28 heavy (non-hydrogen) atoms. The average molecular weight is 383 g/mol. The monoisotopic (exact) mass is 383 g/mol. The Bertz CT molecular complexity index is 731. The summed E-state index contributed by atoms with van der Waals surface area (Å²) in [4.78, 5) is 41.2. The minimum absolute atomic E-state index is 0.0196. The van der Waals surface area contributed by atoms with Crippen molar-refractivity contribution < 1.29 is 14.4 Å². The van der Waals surface area contributed by atoms with E-state index in [2.05, 4.69) is 11.9 Å². The SMILES string of the molecule is C=CC(=O)N1CCC(C(=O)N2CCC(C(=O)NC)CC2)(c2ccccc2)CC1. The number of hydrogen-bond acceptors (Lipinski definition) is 3. The number of amides is 3. The second-order valence-electron chi connectivity index (χ2n) is 7.66. The first-order chi connectivity index (χ1) is 13.5. The van der Waals surface area contributed by atoms with E-state index < -0.39 is 5.41 Å². The van der Waals surface area contributed by atoms with E-state index in [1.165, 1.54) is 6.08 Å². The Labute approximate surface area is 166 Å². The topological polar surface area (TPSA) is 69.7 Å². The van der Waals surface area contributed by atoms with E-state index in [9.17, 15) is 14.4 Å². The molecule has 150 valence electrons. The number of nitrogens with zero attached hydrogens (tertiary/aromatic N) is 2. The molecule has 2 saturated heterocycles. The summed E-state index contributed by atoms with van der Waals surface area (Å²) in [6.07, 6.45) is 3.92. The summed E-state index contributed by atoms with van der Waals surface area (Å²) in [5.41, 5.74) is 0.401. The van der Waals surface area contributed by atoms with Crippen molar-refractivity contribution in [1.82, 2.24) is 15.1 Å². The largest absolute Gasteiger partial charge is 0.359 e. The third-order valence-electron chi connectivity index (χ3n) is 6.24. The van der Waals surface area contributed by atoms with Crippen LogP contribution in [-0.2, 0) is 19.8 Å². The van der Waals surface area contributed by atoms with Crippen LogP contribution in [0.2, 0.25) is 0 Å². The van der Waals surface area contributed by atoms with Gasteiger partial charge in [0.1, 0.15) is 0 Å². The summed E-state index contributed by atoms with van der Waals surface area (Å²) in [5, 5.41) is 2.71. The predicted octanol–water partition coefficient (Wildman–Crippen LogP) is 1.72. The molecule has 0 radical (unpaired) electrons. The number of likely N-dealkylation sites (tertiary alicyclic amines) is 2. The molecule has 0 atom stereocenters. The molecule has 2 fully saturated rings. The van der Waals surface area contributed by atoms with Gasteiger partial charge < -0.3 is 15.1 Å². The molecule has 0 aromatic heterocycles. The second-order valence-corrected chi connectivity index (χ2v) is 7.66. The molecule has 0 spiro atoms. The molecular weight excluding hydrogens is 354 g/mol. The average Bonchev–Trinajstić information content (AvgIpc) is 2.78. The van der Waals surface area contributed by atoms with Crippen molar-refractivity contribution in [3.63, 3.8) is 0 Å². The molecule has 1 aromatic rings. The zero-order valence-corrected chi connectivity index (χ0v) is 16.5. The molecule has 6 nitrogen and oxygen atoms in total. The predicted molar refractivity (Wildman–Crippen MR) is 108 cm³/mol. The van der Waals surface area contributed by atoms with E-state index in [0.717, 1.165) is 5.56 Å². The van der Waals surface area contributed by atoms with Gasteiger partial charge in [-0.1, -0.05) is 36.9 Å². The standard InChI is InChI=1S/C22H29N3O3/c1-3-19(26)24-15-11-22(12-16-24,18-7-5-4-6-8-18)21(28)25-13-9-17(10-14-25)20(27)23-2/h3-8,17H,1,9-16H2,2H3,(H,23,27). The van der Waals surface area contributed by atoms with Gasteiger partial charge in [0.2, 0.25) is 17.7 Å². The molecule has 2 heterocycles. The van der Waals surface area contributed by atoms with Gasteiger partial charge in [-0.3, -0.25) is 14.4 Å². The molecular formula is C22H29N3O3. The van der Waals surface area contributed by atoms with Gasteiger partial charge in [0.15, 0.2) is 0 Å². The van der Waals surface area contributed by atoms with Crippen LogP contribution >= 0.6 is 0 Å². The third-order valence-corrected chi connectivity index (χ3v) is 6.24. The van der Waals surface area contributed by atoms with Gasteiger partial charge in [-0.05, 0) is 37.3 Å². The molecule has 0 aliphatic carbocycles. The van der Waals surface area contributed by atoms with E-state index in [-0.39, 0.29) is 23.6 Å². The highest BCUT2D eigenvalue weighted by Crippen LogP contribution is 2.38. The molecule has 2 aliphatic rings. The summed E-state index contributed by atoms with van der Waals surface area (Å²) in [6.45, 7) is 5.85. The van der Waals surface area contributed by atoms with Gasteiger partial charge in [0.25, 0.3) is 0 Å². The number of carbonyl (C=O) groups excluding carboxylic acids is 3. The lowest BCUT2D eigenvalue weighted by Gasteiger charge is -2.44. The van der Waals surface area contributed by atoms with Gasteiger partial charge in [-0.15, -0.1) is 0 Å². The molecule has 1 aromatic carbocycles. The van der Waals surface area contributed by atoms with Crippen LogP contribution in [-0.4, -0.2) is 60.7 Å². The lowest BCUT2D eigenvalue weighted by Crippen LogP contribution is -2.55. The highest BCUT2D eigenvalue weighted by molar-refractivity contribution is 5.90. The molecule has 0 saturated carbocycles. The normalized spacial score (nSPS) is 19.8. The maximum Gasteiger partial charge on any atom is 0.245 e. The van der Waals surface area contributed by atoms with Crippen LogP contribution in [0.4, 0.5) is 0 Å². The van der Waals surface area contributed by atoms with Crippen molar-refractivity contribution in [3.8, 4) is 0 Å². The van der Waals surface area contributed by atoms with Gasteiger partial charge >= 0.3 is 0 Å². The summed E-state index contributed by atoms with van der Waals surface area (Å²) in [5.74, 6) is 0.0789. The number of nitrogens with one attached hydrogen (secondary N) is 1. The first-order valence-electron chi connectivity index (χ1n) is 9.99. The Balaban J connectivity index is 1.79. The zero-order valence-electron chi connectivity index (χ0n) is 16.5. The van der Waals surface area contributed by atoms with Gasteiger partial charge in [0, 0.05) is 39.1 Å². The van der Waals surface area contributed by atoms with E-state index in [1.807, 2.05) is 35.2 Å². The van der Waals surface area contributed by atoms with Crippen molar-refractivity contribution >= 4 is 17.7 Å². The van der Waals surface area contributed by atoms with Crippen LogP contribution in [0, 0.1) is 5.92 Å². The highest BCUT2D eigenvalue weighted by Gasteiger charge is 2.46. The van der Waals surface area contributed by atoms with Crippen molar-refractivity contribution in [2.75, 3.05) is 33.2 Å². The fourth-order valence-corrected chi connectivity index (χ4v) is 4.47. The fourth-order valence-electron chi connectivity index (χ4n) is 4.47. The Morgan fingerprint density at radius 2 is 1.64 bits per heavy atom. The van der Waals surface area contributed by atoms with Gasteiger partial charge in [0.05, 0.1) is 5.41 Å². The lowest BCUT2D eigenvalue weighted by atomic mass is 9.71. The molecule has 1 N–H and O–H groups in total. The summed E-state index contributed by atoms with van der Waals surface area (Å²) >= 11 is 0. The van der Waals surface area contributed by atoms with Gasteiger partial charge in [-0.2, -0.15) is 0 Å². The van der Waals surface area contributed by atoms with Crippen LogP contribution in [0.25, 0.3) is 0 Å². The Morgan fingerprint density at radius 3 is 2.18 bits per heavy atom. The molecule has 0 bridgehead atoms. The van der Waals surface area contributed by atoms with Gasteiger partial charge in [-0.25, -0.2) is 0 Å². The van der Waals surface area contributed by atoms with Crippen molar-refractivity contribution in [2.24, 2.45) is 5.92 Å². The Kier molecular flexibility index (Phi) is 6.17. The smallest absolute Gasteiger partial charge is 0.245 e. The molecule has 6 heteroatoms. The summed E-state index contributed by atoms with van der Waals surface area (Å²) in [6, 6.07) is 9.90. The molecule has 2 aliphatic heterocycles. The maximum absolute atomic E-state index is 13.7. The van der Waals surface area contributed by atoms with E-state index in [0.29, 0.717) is 51.9 Å². The number of carbonyl (C=O) groups is 3. The van der Waals surface area contributed by atoms with Crippen LogP contribution in [0.3, 0.4) is 0 Å². The Morgan fingerprint density at radius 1 is 1.04 bits per heavy atom. The minimum atomic E-state index is -0.612. The lowest BCUT2D eigenvalue weighted by molar-refractivity contribution is -0.144. The second kappa shape index (κ2) is 8.59. The van der Waals surface area contributed by atoms with E-state index in [1.54, 1.807) is 11.9 Å². The van der Waals surface area contributed by atoms with Crippen molar-refractivity contribution in [2.45, 2.75) is 31.1 Å². The number of hydrogen-bond donors (Lipinski definition) is 1. The van der Waals surface area contributed by atoms with Crippen LogP contribution in [0.5, 0.6) is 0 Å². The number of piperidine rings is 2. The highest BCUT2D eigenvalue weighted by atomic mass is 16.2. The Hall–Kier alpha value is -2.63. The minimum Gasteiger partial charge on any atom is -0.359 e. The fraction of sp³-hybridized carbons (Fsp3) is 0.500. The van der Waals surface area contributed by atoms with Crippen molar-refractivity contribution in [3.05, 3.63) is 48.6 Å². The third kappa shape index (κ3) is 3.81. The van der Waals surface area contributed by atoms with Crippen LogP contribution < -0.4 is 5.32 Å². The molecule has 3 rings (SSSR count). The number of benzene rings is 1. The molecule has 0 unspecified atom stereocenters. The van der Waals surface area contributed by atoms with Crippen LogP contribution in [0.1, 0.15) is 31.2 Å². The molecule has 3 amide bonds. The van der Waals surface area contributed by atoms with Crippen LogP contribution in [0.15, 0.2) is 43.0 Å². The first-order valence-corrected chi connectivity index (χ1v) is 9.99. The van der Waals surface area contributed by atoms with Crippen molar-refractivity contribution in [1.29, 1.82) is 0 Å². The maximum atomic E-state index is 13.7. The van der Waals surface area contributed by atoms with E-state index >= 15 is 0 Å². The summed E-state index contributed by atoms with van der Waals surface area (Å²) < 4.78 is 0. The summed E-state index contributed by atoms with van der Waals surface area (Å²) in [7, 11) is 1.66. The quantitative estimate of drug-likeness (QED) is 0.805. The number of rotatable bonds is 4. The zero-order chi connectivity index (χ0) is 20.1.